The van der Waals surface area contributed by atoms with Gasteiger partial charge in [-0.1, -0.05) is 6.92 Å². The molecule has 1 aromatic rings. The Morgan fingerprint density at radius 2 is 2.29 bits per heavy atom. The van der Waals surface area contributed by atoms with Crippen molar-refractivity contribution in [1.82, 2.24) is 5.32 Å². The van der Waals surface area contributed by atoms with Crippen LogP contribution in [0.25, 0.3) is 0 Å². The summed E-state index contributed by atoms with van der Waals surface area (Å²) in [6.45, 7) is 4.36. The molecule has 0 amide bonds. The van der Waals surface area contributed by atoms with Crippen LogP contribution in [-0.4, -0.2) is 31.3 Å². The first-order valence-corrected chi connectivity index (χ1v) is 7.27. The van der Waals surface area contributed by atoms with Crippen molar-refractivity contribution in [3.05, 3.63) is 29.6 Å². The van der Waals surface area contributed by atoms with E-state index in [9.17, 15) is 9.18 Å². The zero-order valence-corrected chi connectivity index (χ0v) is 12.7. The minimum atomic E-state index is -0.663. The fourth-order valence-corrected chi connectivity index (χ4v) is 2.94. The number of likely N-dealkylation sites (N-methyl/N-ethyl adjacent to an activating group) is 1. The first-order chi connectivity index (χ1) is 10.0. The molecule has 0 aliphatic heterocycles. The van der Waals surface area contributed by atoms with Crippen LogP contribution < -0.4 is 10.1 Å². The van der Waals surface area contributed by atoms with Crippen molar-refractivity contribution in [2.24, 2.45) is 0 Å². The Kier molecular flexibility index (Phi) is 4.83. The summed E-state index contributed by atoms with van der Waals surface area (Å²) in [6.07, 6.45) is 1.92. The van der Waals surface area contributed by atoms with Gasteiger partial charge in [-0.25, -0.2) is 4.39 Å². The number of hydrogen-bond acceptors (Lipinski definition) is 4. The van der Waals surface area contributed by atoms with Crippen LogP contribution in [0.1, 0.15) is 31.7 Å². The maximum Gasteiger partial charge on any atom is 0.326 e. The Labute approximate surface area is 124 Å². The van der Waals surface area contributed by atoms with Crippen LogP contribution in [0.15, 0.2) is 18.2 Å². The molecule has 1 aliphatic rings. The van der Waals surface area contributed by atoms with E-state index in [1.165, 1.54) is 13.2 Å². The molecule has 0 radical (unpaired) electrons. The van der Waals surface area contributed by atoms with Crippen LogP contribution in [0, 0.1) is 12.7 Å². The molecule has 0 heterocycles. The molecule has 4 nitrogen and oxygen atoms in total. The van der Waals surface area contributed by atoms with Crippen molar-refractivity contribution < 1.29 is 18.7 Å². The fraction of sp³-hybridized carbons (Fsp3) is 0.562. The zero-order valence-electron chi connectivity index (χ0n) is 12.7. The fourth-order valence-electron chi connectivity index (χ4n) is 2.94. The predicted molar refractivity (Wildman–Crippen MR) is 77.8 cm³/mol. The van der Waals surface area contributed by atoms with Gasteiger partial charge in [0.15, 0.2) is 0 Å². The lowest BCUT2D eigenvalue weighted by Gasteiger charge is -2.27. The molecule has 0 bridgehead atoms. The number of rotatable bonds is 5. The summed E-state index contributed by atoms with van der Waals surface area (Å²) >= 11 is 0. The van der Waals surface area contributed by atoms with E-state index < -0.39 is 5.54 Å². The number of halogens is 1. The third kappa shape index (κ3) is 3.35. The summed E-state index contributed by atoms with van der Waals surface area (Å²) in [6, 6.07) is 4.70. The summed E-state index contributed by atoms with van der Waals surface area (Å²) in [4.78, 5) is 12.0. The molecule has 2 atom stereocenters. The van der Waals surface area contributed by atoms with Crippen LogP contribution in [0.5, 0.6) is 5.75 Å². The molecule has 1 fully saturated rings. The molecule has 0 aromatic heterocycles. The van der Waals surface area contributed by atoms with E-state index in [0.717, 1.165) is 6.42 Å². The zero-order chi connectivity index (χ0) is 15.5. The number of carbonyl (C=O) groups excluding carboxylic acids is 1. The number of hydrogen-bond donors (Lipinski definition) is 1. The van der Waals surface area contributed by atoms with Gasteiger partial charge in [-0.2, -0.15) is 0 Å². The van der Waals surface area contributed by atoms with Crippen molar-refractivity contribution in [1.29, 1.82) is 0 Å². The molecule has 1 saturated carbocycles. The van der Waals surface area contributed by atoms with Gasteiger partial charge in [0.25, 0.3) is 0 Å². The highest BCUT2D eigenvalue weighted by atomic mass is 19.1. The SMILES string of the molecule is CCNC1(C(=O)OC)CCC(Oc2ccc(F)c(C)c2)C1. The van der Waals surface area contributed by atoms with Crippen LogP contribution >= 0.6 is 0 Å². The lowest BCUT2D eigenvalue weighted by Crippen LogP contribution is -2.51. The molecule has 1 aliphatic carbocycles. The standard InChI is InChI=1S/C16H22FNO3/c1-4-18-16(15(19)20-3)8-7-13(10-16)21-12-5-6-14(17)11(2)9-12/h5-6,9,13,18H,4,7-8,10H2,1-3H3. The van der Waals surface area contributed by atoms with E-state index in [0.29, 0.717) is 30.7 Å². The average molecular weight is 295 g/mol. The Morgan fingerprint density at radius 1 is 1.52 bits per heavy atom. The van der Waals surface area contributed by atoms with Gasteiger partial charge in [0.2, 0.25) is 0 Å². The third-order valence-electron chi connectivity index (χ3n) is 3.99. The molecule has 1 aromatic carbocycles. The molecule has 116 valence electrons. The predicted octanol–water partition coefficient (Wildman–Crippen LogP) is 2.59. The maximum absolute atomic E-state index is 13.3. The number of aryl methyl sites for hydroxylation is 1. The Morgan fingerprint density at radius 3 is 2.90 bits per heavy atom. The number of ether oxygens (including phenoxy) is 2. The number of nitrogens with one attached hydrogen (secondary N) is 1. The minimum absolute atomic E-state index is 0.0759. The van der Waals surface area contributed by atoms with E-state index >= 15 is 0 Å². The number of esters is 1. The highest BCUT2D eigenvalue weighted by Gasteiger charge is 2.46. The van der Waals surface area contributed by atoms with Crippen LogP contribution in [0.3, 0.4) is 0 Å². The van der Waals surface area contributed by atoms with Gasteiger partial charge in [-0.15, -0.1) is 0 Å². The van der Waals surface area contributed by atoms with Gasteiger partial charge < -0.3 is 14.8 Å². The van der Waals surface area contributed by atoms with Crippen molar-refractivity contribution in [2.75, 3.05) is 13.7 Å². The molecule has 5 heteroatoms. The normalized spacial score (nSPS) is 24.9. The van der Waals surface area contributed by atoms with Gasteiger partial charge in [0.1, 0.15) is 23.2 Å². The number of methoxy groups -OCH3 is 1. The number of carbonyl (C=O) groups is 1. The third-order valence-corrected chi connectivity index (χ3v) is 3.99. The van der Waals surface area contributed by atoms with E-state index in [1.807, 2.05) is 6.92 Å². The summed E-state index contributed by atoms with van der Waals surface area (Å²) in [5, 5.41) is 3.23. The molecular weight excluding hydrogens is 273 g/mol. The van der Waals surface area contributed by atoms with Crippen molar-refractivity contribution in [3.63, 3.8) is 0 Å². The smallest absolute Gasteiger partial charge is 0.326 e. The summed E-state index contributed by atoms with van der Waals surface area (Å²) < 4.78 is 24.1. The highest BCUT2D eigenvalue weighted by Crippen LogP contribution is 2.34. The largest absolute Gasteiger partial charge is 0.490 e. The summed E-state index contributed by atoms with van der Waals surface area (Å²) in [5.74, 6) is 0.145. The highest BCUT2D eigenvalue weighted by molar-refractivity contribution is 5.81. The van der Waals surface area contributed by atoms with Crippen molar-refractivity contribution >= 4 is 5.97 Å². The van der Waals surface area contributed by atoms with Crippen LogP contribution in [-0.2, 0) is 9.53 Å². The van der Waals surface area contributed by atoms with Gasteiger partial charge in [-0.05, 0) is 50.1 Å². The van der Waals surface area contributed by atoms with E-state index in [-0.39, 0.29) is 17.9 Å². The maximum atomic E-state index is 13.3. The van der Waals surface area contributed by atoms with Gasteiger partial charge in [-0.3, -0.25) is 4.79 Å². The molecule has 0 saturated heterocycles. The Bertz CT molecular complexity index is 520. The lowest BCUT2D eigenvalue weighted by molar-refractivity contribution is -0.148. The van der Waals surface area contributed by atoms with E-state index in [2.05, 4.69) is 5.32 Å². The molecule has 21 heavy (non-hydrogen) atoms. The first kappa shape index (κ1) is 15.8. The summed E-state index contributed by atoms with van der Waals surface area (Å²) in [5.41, 5.74) is -0.111. The number of benzene rings is 1. The molecule has 2 unspecified atom stereocenters. The van der Waals surface area contributed by atoms with Crippen molar-refractivity contribution in [3.8, 4) is 5.75 Å². The van der Waals surface area contributed by atoms with E-state index in [4.69, 9.17) is 9.47 Å². The summed E-state index contributed by atoms with van der Waals surface area (Å²) in [7, 11) is 1.40. The minimum Gasteiger partial charge on any atom is -0.490 e. The van der Waals surface area contributed by atoms with E-state index in [1.54, 1.807) is 19.1 Å². The van der Waals surface area contributed by atoms with Crippen LogP contribution in [0.2, 0.25) is 0 Å². The second-order valence-corrected chi connectivity index (χ2v) is 5.50. The molecule has 0 spiro atoms. The van der Waals surface area contributed by atoms with Gasteiger partial charge in [0, 0.05) is 6.42 Å². The topological polar surface area (TPSA) is 47.6 Å². The lowest BCUT2D eigenvalue weighted by atomic mass is 9.97. The quantitative estimate of drug-likeness (QED) is 0.848. The van der Waals surface area contributed by atoms with Gasteiger partial charge in [0.05, 0.1) is 7.11 Å². The monoisotopic (exact) mass is 295 g/mol. The molecule has 2 rings (SSSR count). The Balaban J connectivity index is 2.06. The van der Waals surface area contributed by atoms with Crippen LogP contribution in [0.4, 0.5) is 4.39 Å². The first-order valence-electron chi connectivity index (χ1n) is 7.27. The average Bonchev–Trinajstić information content (AvgIpc) is 2.87. The van der Waals surface area contributed by atoms with Gasteiger partial charge >= 0.3 is 5.97 Å². The Hall–Kier alpha value is -1.62. The second-order valence-electron chi connectivity index (χ2n) is 5.50. The van der Waals surface area contributed by atoms with Crippen molar-refractivity contribution in [2.45, 2.75) is 44.8 Å². The second kappa shape index (κ2) is 6.43. The molecular formula is C16H22FNO3. The molecule has 1 N–H and O–H groups in total.